The van der Waals surface area contributed by atoms with Crippen LogP contribution in [0.2, 0.25) is 0 Å². The Labute approximate surface area is 95.0 Å². The van der Waals surface area contributed by atoms with Gasteiger partial charge in [-0.2, -0.15) is 5.26 Å². The molecule has 0 aromatic rings. The Hall–Kier alpha value is -1.32. The van der Waals surface area contributed by atoms with Crippen molar-refractivity contribution in [3.05, 3.63) is 10.4 Å². The molecule has 0 radical (unpaired) electrons. The summed E-state index contributed by atoms with van der Waals surface area (Å²) in [5.41, 5.74) is 7.34. The number of nitrogens with zero attached hydrogens (tertiary/aromatic N) is 4. The highest BCUT2D eigenvalue weighted by Gasteiger charge is 2.27. The van der Waals surface area contributed by atoms with Crippen molar-refractivity contribution in [1.29, 1.82) is 5.26 Å². The first-order valence-corrected chi connectivity index (χ1v) is 4.84. The van der Waals surface area contributed by atoms with Crippen LogP contribution in [0.4, 0.5) is 0 Å². The van der Waals surface area contributed by atoms with Crippen molar-refractivity contribution in [1.82, 2.24) is 5.32 Å². The van der Waals surface area contributed by atoms with E-state index in [1.807, 2.05) is 0 Å². The first-order valence-electron chi connectivity index (χ1n) is 4.84. The molecule has 0 aliphatic carbocycles. The summed E-state index contributed by atoms with van der Waals surface area (Å²) in [5.74, 6) is 0. The summed E-state index contributed by atoms with van der Waals surface area (Å²) in [5, 5.41) is 15.4. The third-order valence-electron chi connectivity index (χ3n) is 2.14. The summed E-state index contributed by atoms with van der Waals surface area (Å²) in [6, 6.07) is 2.15. The monoisotopic (exact) mass is 227 g/mol. The Morgan fingerprint density at radius 2 is 2.19 bits per heavy atom. The zero-order valence-corrected chi connectivity index (χ0v) is 9.80. The number of azide groups is 1. The highest BCUT2D eigenvalue weighted by atomic mass is 16.7. The molecule has 1 unspecified atom stereocenters. The van der Waals surface area contributed by atoms with Crippen LogP contribution in [0.25, 0.3) is 10.4 Å². The fraction of sp³-hybridized carbons (Fsp3) is 0.889. The number of hydrogen-bond donors (Lipinski definition) is 1. The summed E-state index contributed by atoms with van der Waals surface area (Å²) in [7, 11) is 3.04. The van der Waals surface area contributed by atoms with Gasteiger partial charge in [-0.3, -0.25) is 5.32 Å². The summed E-state index contributed by atoms with van der Waals surface area (Å²) < 4.78 is 10.1. The van der Waals surface area contributed by atoms with E-state index >= 15 is 0 Å². The molecule has 7 heteroatoms. The van der Waals surface area contributed by atoms with Crippen LogP contribution in [0.5, 0.6) is 0 Å². The molecule has 0 amide bonds. The topological polar surface area (TPSA) is 103 Å². The minimum atomic E-state index is -0.762. The molecular formula is C9H17N5O2. The molecule has 90 valence electrons. The van der Waals surface area contributed by atoms with Crippen molar-refractivity contribution in [2.75, 3.05) is 27.3 Å². The normalized spacial score (nSPS) is 13.9. The first-order chi connectivity index (χ1) is 7.61. The molecule has 7 nitrogen and oxygen atoms in total. The van der Waals surface area contributed by atoms with Crippen molar-refractivity contribution in [3.63, 3.8) is 0 Å². The summed E-state index contributed by atoms with van der Waals surface area (Å²) in [6.07, 6.45) is -0.0381. The molecule has 0 aromatic carbocycles. The smallest absolute Gasteiger partial charge is 0.159 e. The molecule has 1 N–H and O–H groups in total. The van der Waals surface area contributed by atoms with E-state index in [9.17, 15) is 0 Å². The molecule has 0 bridgehead atoms. The second-order valence-electron chi connectivity index (χ2n) is 3.43. The number of ether oxygens (including phenoxy) is 2. The van der Waals surface area contributed by atoms with Crippen molar-refractivity contribution in [2.45, 2.75) is 25.2 Å². The van der Waals surface area contributed by atoms with E-state index in [1.165, 1.54) is 14.2 Å². The quantitative estimate of drug-likeness (QED) is 0.221. The van der Waals surface area contributed by atoms with Gasteiger partial charge in [0.15, 0.2) is 6.29 Å². The molecule has 0 spiro atoms. The van der Waals surface area contributed by atoms with Gasteiger partial charge in [0.05, 0.1) is 6.07 Å². The minimum absolute atomic E-state index is 0.304. The molecule has 0 heterocycles. The van der Waals surface area contributed by atoms with Gasteiger partial charge in [-0.1, -0.05) is 5.11 Å². The van der Waals surface area contributed by atoms with E-state index in [-0.39, 0.29) is 0 Å². The van der Waals surface area contributed by atoms with Gasteiger partial charge in [-0.15, -0.1) is 0 Å². The Morgan fingerprint density at radius 3 is 2.62 bits per heavy atom. The SMILES string of the molecule is COC(CC(C)(C#N)NCCN=[N+]=[N-])OC. The third-order valence-corrected chi connectivity index (χ3v) is 2.14. The lowest BCUT2D eigenvalue weighted by atomic mass is 9.99. The Morgan fingerprint density at radius 1 is 1.56 bits per heavy atom. The predicted molar refractivity (Wildman–Crippen MR) is 58.5 cm³/mol. The lowest BCUT2D eigenvalue weighted by Crippen LogP contribution is -2.45. The summed E-state index contributed by atoms with van der Waals surface area (Å²) >= 11 is 0. The van der Waals surface area contributed by atoms with Gasteiger partial charge < -0.3 is 9.47 Å². The number of nitrogens with one attached hydrogen (secondary N) is 1. The molecule has 16 heavy (non-hydrogen) atoms. The predicted octanol–water partition coefficient (Wildman–Crippen LogP) is 1.18. The molecule has 0 aliphatic heterocycles. The molecule has 0 aromatic heterocycles. The largest absolute Gasteiger partial charge is 0.356 e. The van der Waals surface area contributed by atoms with Crippen LogP contribution >= 0.6 is 0 Å². The van der Waals surface area contributed by atoms with E-state index in [0.29, 0.717) is 19.5 Å². The number of rotatable bonds is 8. The maximum absolute atomic E-state index is 9.05. The zero-order valence-electron chi connectivity index (χ0n) is 9.80. The van der Waals surface area contributed by atoms with Crippen LogP contribution < -0.4 is 5.32 Å². The first kappa shape index (κ1) is 14.7. The maximum Gasteiger partial charge on any atom is 0.159 e. The van der Waals surface area contributed by atoms with Gasteiger partial charge in [-0.05, 0) is 12.5 Å². The fourth-order valence-electron chi connectivity index (χ4n) is 1.18. The highest BCUT2D eigenvalue weighted by molar-refractivity contribution is 5.04. The molecular weight excluding hydrogens is 210 g/mol. The molecule has 0 fully saturated rings. The molecule has 0 saturated heterocycles. The molecule has 0 aliphatic rings. The van der Waals surface area contributed by atoms with E-state index in [4.69, 9.17) is 20.3 Å². The van der Waals surface area contributed by atoms with Gasteiger partial charge in [0.1, 0.15) is 5.54 Å². The second kappa shape index (κ2) is 7.91. The van der Waals surface area contributed by atoms with Gasteiger partial charge >= 0.3 is 0 Å². The van der Waals surface area contributed by atoms with Crippen LogP contribution in [0.15, 0.2) is 5.11 Å². The van der Waals surface area contributed by atoms with Crippen LogP contribution in [-0.4, -0.2) is 39.1 Å². The molecule has 1 atom stereocenters. The fourth-order valence-corrected chi connectivity index (χ4v) is 1.18. The molecule has 0 rings (SSSR count). The van der Waals surface area contributed by atoms with Crippen molar-refractivity contribution < 1.29 is 9.47 Å². The Bertz CT molecular complexity index is 280. The number of methoxy groups -OCH3 is 2. The van der Waals surface area contributed by atoms with Crippen LogP contribution in [0.1, 0.15) is 13.3 Å². The number of hydrogen-bond acceptors (Lipinski definition) is 5. The third kappa shape index (κ3) is 5.53. The highest BCUT2D eigenvalue weighted by Crippen LogP contribution is 2.13. The van der Waals surface area contributed by atoms with E-state index < -0.39 is 11.8 Å². The van der Waals surface area contributed by atoms with E-state index in [0.717, 1.165) is 0 Å². The van der Waals surface area contributed by atoms with Crippen LogP contribution in [0, 0.1) is 11.3 Å². The van der Waals surface area contributed by atoms with Crippen molar-refractivity contribution in [3.8, 4) is 6.07 Å². The lowest BCUT2D eigenvalue weighted by Gasteiger charge is -2.26. The summed E-state index contributed by atoms with van der Waals surface area (Å²) in [4.78, 5) is 2.63. The lowest BCUT2D eigenvalue weighted by molar-refractivity contribution is -0.114. The van der Waals surface area contributed by atoms with Gasteiger partial charge in [-0.25, -0.2) is 0 Å². The minimum Gasteiger partial charge on any atom is -0.356 e. The van der Waals surface area contributed by atoms with E-state index in [1.54, 1.807) is 6.92 Å². The summed E-state index contributed by atoms with van der Waals surface area (Å²) in [6.45, 7) is 2.49. The maximum atomic E-state index is 9.05. The van der Waals surface area contributed by atoms with Crippen LogP contribution in [0.3, 0.4) is 0 Å². The Kier molecular flexibility index (Phi) is 7.25. The second-order valence-corrected chi connectivity index (χ2v) is 3.43. The van der Waals surface area contributed by atoms with Gasteiger partial charge in [0, 0.05) is 38.6 Å². The number of nitriles is 1. The molecule has 0 saturated carbocycles. The van der Waals surface area contributed by atoms with Crippen LogP contribution in [-0.2, 0) is 9.47 Å². The van der Waals surface area contributed by atoms with E-state index in [2.05, 4.69) is 21.4 Å². The average Bonchev–Trinajstić information content (AvgIpc) is 2.32. The van der Waals surface area contributed by atoms with Crippen molar-refractivity contribution >= 4 is 0 Å². The van der Waals surface area contributed by atoms with Gasteiger partial charge in [0.25, 0.3) is 0 Å². The standard InChI is InChI=1S/C9H17N5O2/c1-9(7-10,6-8(15-2)16-3)12-4-5-13-14-11/h8,12H,4-6H2,1-3H3. The Balaban J connectivity index is 4.19. The van der Waals surface area contributed by atoms with Gasteiger partial charge in [0.2, 0.25) is 0 Å². The average molecular weight is 227 g/mol. The zero-order chi connectivity index (χ0) is 12.4. The van der Waals surface area contributed by atoms with Crippen molar-refractivity contribution in [2.24, 2.45) is 5.11 Å².